The van der Waals surface area contributed by atoms with Crippen molar-refractivity contribution in [1.82, 2.24) is 0 Å². The minimum Gasteiger partial charge on any atom is -0.364 e. The quantitative estimate of drug-likeness (QED) is 0.674. The number of anilines is 1. The Morgan fingerprint density at radius 2 is 2.07 bits per heavy atom. The Hall–Kier alpha value is -1.31. The molecule has 0 saturated carbocycles. The SMILES string of the molecule is Cc1ccc(N2CCC(=O)C2)c(C)c1. The molecule has 0 unspecified atom stereocenters. The van der Waals surface area contributed by atoms with Gasteiger partial charge in [-0.1, -0.05) is 17.7 Å². The molecule has 1 aromatic rings. The molecule has 0 atom stereocenters. The van der Waals surface area contributed by atoms with Crippen molar-refractivity contribution >= 4 is 11.5 Å². The molecule has 2 heteroatoms. The highest BCUT2D eigenvalue weighted by Crippen LogP contribution is 2.23. The van der Waals surface area contributed by atoms with E-state index in [4.69, 9.17) is 0 Å². The van der Waals surface area contributed by atoms with E-state index in [0.717, 1.165) is 6.54 Å². The number of aryl methyl sites for hydroxylation is 2. The summed E-state index contributed by atoms with van der Waals surface area (Å²) in [6.07, 6.45) is 0.702. The minimum atomic E-state index is 0.352. The second kappa shape index (κ2) is 3.45. The molecule has 2 nitrogen and oxygen atoms in total. The maximum atomic E-state index is 11.2. The van der Waals surface area contributed by atoms with Gasteiger partial charge in [-0.15, -0.1) is 0 Å². The number of carbonyl (C=O) groups is 1. The number of hydrogen-bond acceptors (Lipinski definition) is 2. The number of hydrogen-bond donors (Lipinski definition) is 0. The number of nitrogens with zero attached hydrogens (tertiary/aromatic N) is 1. The fraction of sp³-hybridized carbons (Fsp3) is 0.417. The molecule has 0 aliphatic carbocycles. The first kappa shape index (κ1) is 9.25. The molecule has 0 bridgehead atoms. The van der Waals surface area contributed by atoms with Gasteiger partial charge < -0.3 is 4.90 Å². The maximum absolute atomic E-state index is 11.2. The van der Waals surface area contributed by atoms with Crippen LogP contribution in [0.2, 0.25) is 0 Å². The Morgan fingerprint density at radius 1 is 1.29 bits per heavy atom. The highest BCUT2D eigenvalue weighted by molar-refractivity contribution is 5.87. The lowest BCUT2D eigenvalue weighted by molar-refractivity contribution is -0.116. The van der Waals surface area contributed by atoms with Crippen LogP contribution in [0.5, 0.6) is 0 Å². The third-order valence-corrected chi connectivity index (χ3v) is 2.72. The summed E-state index contributed by atoms with van der Waals surface area (Å²) >= 11 is 0. The standard InChI is InChI=1S/C12H15NO/c1-9-3-4-12(10(2)7-9)13-6-5-11(14)8-13/h3-4,7H,5-6,8H2,1-2H3. The number of carbonyl (C=O) groups excluding carboxylic acids is 1. The predicted octanol–water partition coefficient (Wildman–Crippen LogP) is 2.08. The summed E-state index contributed by atoms with van der Waals surface area (Å²) in [6, 6.07) is 6.38. The van der Waals surface area contributed by atoms with Gasteiger partial charge >= 0.3 is 0 Å². The number of rotatable bonds is 1. The van der Waals surface area contributed by atoms with E-state index >= 15 is 0 Å². The molecule has 1 saturated heterocycles. The fourth-order valence-electron chi connectivity index (χ4n) is 2.00. The second-order valence-corrected chi connectivity index (χ2v) is 4.00. The zero-order valence-corrected chi connectivity index (χ0v) is 8.71. The molecule has 0 amide bonds. The van der Waals surface area contributed by atoms with E-state index < -0.39 is 0 Å². The highest BCUT2D eigenvalue weighted by atomic mass is 16.1. The molecule has 1 fully saturated rings. The Bertz CT molecular complexity index is 371. The van der Waals surface area contributed by atoms with E-state index in [1.165, 1.54) is 16.8 Å². The average Bonchev–Trinajstić information content (AvgIpc) is 2.51. The predicted molar refractivity (Wildman–Crippen MR) is 57.8 cm³/mol. The first-order chi connectivity index (χ1) is 6.66. The van der Waals surface area contributed by atoms with E-state index in [9.17, 15) is 4.79 Å². The van der Waals surface area contributed by atoms with Crippen molar-refractivity contribution in [3.8, 4) is 0 Å². The molecule has 1 heterocycles. The van der Waals surface area contributed by atoms with Crippen molar-refractivity contribution < 1.29 is 4.79 Å². The summed E-state index contributed by atoms with van der Waals surface area (Å²) in [7, 11) is 0. The van der Waals surface area contributed by atoms with Gasteiger partial charge in [-0.2, -0.15) is 0 Å². The van der Waals surface area contributed by atoms with Gasteiger partial charge in [0.2, 0.25) is 0 Å². The van der Waals surface area contributed by atoms with Crippen LogP contribution in [0.3, 0.4) is 0 Å². The molecule has 0 aromatic heterocycles. The Balaban J connectivity index is 2.28. The molecule has 2 rings (SSSR count). The molecule has 0 spiro atoms. The lowest BCUT2D eigenvalue weighted by Gasteiger charge is -2.19. The molecule has 14 heavy (non-hydrogen) atoms. The molecule has 1 aromatic carbocycles. The van der Waals surface area contributed by atoms with Crippen LogP contribution in [-0.4, -0.2) is 18.9 Å². The fourth-order valence-corrected chi connectivity index (χ4v) is 2.00. The molecular formula is C12H15NO. The van der Waals surface area contributed by atoms with Gasteiger partial charge in [0.05, 0.1) is 6.54 Å². The van der Waals surface area contributed by atoms with Crippen molar-refractivity contribution in [2.75, 3.05) is 18.0 Å². The maximum Gasteiger partial charge on any atom is 0.153 e. The third kappa shape index (κ3) is 1.65. The number of benzene rings is 1. The zero-order chi connectivity index (χ0) is 10.1. The van der Waals surface area contributed by atoms with Gasteiger partial charge in [-0.25, -0.2) is 0 Å². The summed E-state index contributed by atoms with van der Waals surface area (Å²) in [6.45, 7) is 5.66. The van der Waals surface area contributed by atoms with Crippen LogP contribution in [0.15, 0.2) is 18.2 Å². The van der Waals surface area contributed by atoms with E-state index in [0.29, 0.717) is 18.7 Å². The summed E-state index contributed by atoms with van der Waals surface area (Å²) in [5, 5.41) is 0. The molecule has 0 N–H and O–H groups in total. The summed E-state index contributed by atoms with van der Waals surface area (Å²) < 4.78 is 0. The van der Waals surface area contributed by atoms with Gasteiger partial charge in [0.1, 0.15) is 0 Å². The van der Waals surface area contributed by atoms with Crippen molar-refractivity contribution in [3.63, 3.8) is 0 Å². The van der Waals surface area contributed by atoms with E-state index in [1.807, 2.05) is 0 Å². The summed E-state index contributed by atoms with van der Waals surface area (Å²) in [5.74, 6) is 0.352. The zero-order valence-electron chi connectivity index (χ0n) is 8.71. The normalized spacial score (nSPS) is 16.4. The average molecular weight is 189 g/mol. The largest absolute Gasteiger partial charge is 0.364 e. The summed E-state index contributed by atoms with van der Waals surface area (Å²) in [5.41, 5.74) is 3.75. The van der Waals surface area contributed by atoms with Crippen molar-refractivity contribution in [2.45, 2.75) is 20.3 Å². The van der Waals surface area contributed by atoms with Crippen molar-refractivity contribution in [2.24, 2.45) is 0 Å². The van der Waals surface area contributed by atoms with Gasteiger partial charge in [0, 0.05) is 18.7 Å². The molecule has 74 valence electrons. The Kier molecular flexibility index (Phi) is 2.28. The Labute approximate surface area is 84.5 Å². The first-order valence-electron chi connectivity index (χ1n) is 5.01. The monoisotopic (exact) mass is 189 g/mol. The van der Waals surface area contributed by atoms with Crippen molar-refractivity contribution in [3.05, 3.63) is 29.3 Å². The van der Waals surface area contributed by atoms with Crippen LogP contribution >= 0.6 is 0 Å². The second-order valence-electron chi connectivity index (χ2n) is 4.00. The van der Waals surface area contributed by atoms with Crippen LogP contribution < -0.4 is 4.90 Å². The first-order valence-corrected chi connectivity index (χ1v) is 5.01. The topological polar surface area (TPSA) is 20.3 Å². The molecule has 1 aliphatic heterocycles. The van der Waals surface area contributed by atoms with Gasteiger partial charge in [-0.05, 0) is 25.5 Å². The van der Waals surface area contributed by atoms with Crippen LogP contribution in [0.1, 0.15) is 17.5 Å². The van der Waals surface area contributed by atoms with Gasteiger partial charge in [0.15, 0.2) is 5.78 Å². The van der Waals surface area contributed by atoms with Crippen LogP contribution in [-0.2, 0) is 4.79 Å². The van der Waals surface area contributed by atoms with Crippen LogP contribution in [0.4, 0.5) is 5.69 Å². The Morgan fingerprint density at radius 3 is 2.64 bits per heavy atom. The number of Topliss-reactive ketones (excluding diaryl/α,β-unsaturated/α-hetero) is 1. The highest BCUT2D eigenvalue weighted by Gasteiger charge is 2.20. The van der Waals surface area contributed by atoms with E-state index in [-0.39, 0.29) is 0 Å². The minimum absolute atomic E-state index is 0.352. The van der Waals surface area contributed by atoms with Crippen LogP contribution in [0, 0.1) is 13.8 Å². The molecule has 0 radical (unpaired) electrons. The smallest absolute Gasteiger partial charge is 0.153 e. The van der Waals surface area contributed by atoms with Gasteiger partial charge in [-0.3, -0.25) is 4.79 Å². The lowest BCUT2D eigenvalue weighted by Crippen LogP contribution is -2.20. The van der Waals surface area contributed by atoms with E-state index in [1.54, 1.807) is 0 Å². The van der Waals surface area contributed by atoms with Gasteiger partial charge in [0.25, 0.3) is 0 Å². The summed E-state index contributed by atoms with van der Waals surface area (Å²) in [4.78, 5) is 13.3. The van der Waals surface area contributed by atoms with E-state index in [2.05, 4.69) is 36.9 Å². The molecular weight excluding hydrogens is 174 g/mol. The van der Waals surface area contributed by atoms with Crippen LogP contribution in [0.25, 0.3) is 0 Å². The molecule has 1 aliphatic rings. The van der Waals surface area contributed by atoms with Crippen molar-refractivity contribution in [1.29, 1.82) is 0 Å². The number of ketones is 1. The third-order valence-electron chi connectivity index (χ3n) is 2.72. The lowest BCUT2D eigenvalue weighted by atomic mass is 10.1.